The Morgan fingerprint density at radius 1 is 1.31 bits per heavy atom. The number of aliphatic imine (C=N–C) groups is 1. The maximum atomic E-state index is 4.35. The zero-order valence-electron chi connectivity index (χ0n) is 8.74. The Hall–Kier alpha value is -2.16. The Balaban J connectivity index is 2.21. The maximum absolute atomic E-state index is 4.35. The Labute approximate surface area is 93.5 Å². The quantitative estimate of drug-likeness (QED) is 0.618. The molecule has 0 aromatic carbocycles. The van der Waals surface area contributed by atoms with E-state index in [9.17, 15) is 0 Å². The summed E-state index contributed by atoms with van der Waals surface area (Å²) in [4.78, 5) is 10.7. The molecular weight excluding hydrogens is 198 g/mol. The fraction of sp³-hybridized carbons (Fsp3) is 0.0769. The molecule has 0 bridgehead atoms. The molecule has 0 spiro atoms. The first-order valence-electron chi connectivity index (χ1n) is 5.23. The number of pyridine rings is 1. The predicted octanol–water partition coefficient (Wildman–Crippen LogP) is 0.398. The summed E-state index contributed by atoms with van der Waals surface area (Å²) in [6.45, 7) is 0.852. The largest absolute Gasteiger partial charge is 0.341 e. The summed E-state index contributed by atoms with van der Waals surface area (Å²) in [6.07, 6.45) is 13.7. The highest BCUT2D eigenvalue weighted by Gasteiger charge is 2.08. The van der Waals surface area contributed by atoms with Crippen molar-refractivity contribution in [1.29, 1.82) is 0 Å². The molecule has 0 fully saturated rings. The van der Waals surface area contributed by atoms with Gasteiger partial charge in [0.2, 0.25) is 0 Å². The van der Waals surface area contributed by atoms with Gasteiger partial charge in [-0.1, -0.05) is 12.1 Å². The van der Waals surface area contributed by atoms with Crippen LogP contribution in [0.5, 0.6) is 0 Å². The van der Waals surface area contributed by atoms with Crippen LogP contribution in [0.15, 0.2) is 47.4 Å². The SMILES string of the molecule is C1=CCN2C=c3ncccc3=CC2=CN=C1. The van der Waals surface area contributed by atoms with Gasteiger partial charge < -0.3 is 4.90 Å². The molecule has 3 nitrogen and oxygen atoms in total. The number of nitrogens with zero attached hydrogens (tertiary/aromatic N) is 3. The van der Waals surface area contributed by atoms with Crippen LogP contribution in [-0.4, -0.2) is 22.6 Å². The first-order chi connectivity index (χ1) is 7.93. The van der Waals surface area contributed by atoms with E-state index in [2.05, 4.69) is 39.3 Å². The summed E-state index contributed by atoms with van der Waals surface area (Å²) < 4.78 is 0. The molecule has 0 radical (unpaired) electrons. The fourth-order valence-corrected chi connectivity index (χ4v) is 1.80. The standard InChI is InChI=1S/C13H11N3/c1-2-7-16-10-13-11(4-3-6-15-13)8-12(16)9-14-5-1/h1-6,8-10H,7H2. The van der Waals surface area contributed by atoms with Gasteiger partial charge in [-0.2, -0.15) is 0 Å². The van der Waals surface area contributed by atoms with Crippen LogP contribution in [0.3, 0.4) is 0 Å². The number of allylic oxidation sites excluding steroid dienone is 2. The minimum Gasteiger partial charge on any atom is -0.341 e. The summed E-state index contributed by atoms with van der Waals surface area (Å²) >= 11 is 0. The zero-order chi connectivity index (χ0) is 10.8. The highest BCUT2D eigenvalue weighted by Crippen LogP contribution is 2.10. The predicted molar refractivity (Wildman–Crippen MR) is 64.8 cm³/mol. The van der Waals surface area contributed by atoms with Gasteiger partial charge in [0.25, 0.3) is 0 Å². The number of hydrogen-bond donors (Lipinski definition) is 0. The highest BCUT2D eigenvalue weighted by molar-refractivity contribution is 5.72. The van der Waals surface area contributed by atoms with Gasteiger partial charge >= 0.3 is 0 Å². The third-order valence-corrected chi connectivity index (χ3v) is 2.60. The Morgan fingerprint density at radius 2 is 2.31 bits per heavy atom. The summed E-state index contributed by atoms with van der Waals surface area (Å²) in [5, 5.41) is 2.15. The molecule has 78 valence electrons. The number of fused-ring (bicyclic) bond motifs is 2. The summed E-state index contributed by atoms with van der Waals surface area (Å²) in [5.74, 6) is 0. The van der Waals surface area contributed by atoms with Crippen LogP contribution in [-0.2, 0) is 0 Å². The van der Waals surface area contributed by atoms with E-state index >= 15 is 0 Å². The van der Waals surface area contributed by atoms with Crippen LogP contribution in [0.2, 0.25) is 0 Å². The van der Waals surface area contributed by atoms with Crippen molar-refractivity contribution in [2.24, 2.45) is 4.99 Å². The lowest BCUT2D eigenvalue weighted by atomic mass is 10.2. The number of aromatic nitrogens is 1. The average Bonchev–Trinajstić information content (AvgIpc) is 2.29. The van der Waals surface area contributed by atoms with E-state index in [-0.39, 0.29) is 0 Å². The molecule has 3 rings (SSSR count). The molecule has 16 heavy (non-hydrogen) atoms. The molecule has 1 aromatic heterocycles. The molecule has 0 amide bonds. The van der Waals surface area contributed by atoms with E-state index < -0.39 is 0 Å². The molecule has 3 heteroatoms. The molecular formula is C13H11N3. The van der Waals surface area contributed by atoms with Crippen molar-refractivity contribution in [3.63, 3.8) is 0 Å². The third kappa shape index (κ3) is 1.56. The fourth-order valence-electron chi connectivity index (χ4n) is 1.80. The van der Waals surface area contributed by atoms with Crippen molar-refractivity contribution in [1.82, 2.24) is 9.88 Å². The third-order valence-electron chi connectivity index (χ3n) is 2.60. The van der Waals surface area contributed by atoms with E-state index in [1.807, 2.05) is 24.5 Å². The van der Waals surface area contributed by atoms with Crippen molar-refractivity contribution in [2.45, 2.75) is 0 Å². The van der Waals surface area contributed by atoms with Crippen LogP contribution in [0, 0.1) is 0 Å². The van der Waals surface area contributed by atoms with Gasteiger partial charge in [-0.25, -0.2) is 0 Å². The Bertz CT molecular complexity index is 608. The van der Waals surface area contributed by atoms with E-state index in [1.54, 1.807) is 6.21 Å². The second-order valence-corrected chi connectivity index (χ2v) is 3.68. The van der Waals surface area contributed by atoms with Gasteiger partial charge in [-0.15, -0.1) is 0 Å². The van der Waals surface area contributed by atoms with Crippen LogP contribution in [0.4, 0.5) is 0 Å². The van der Waals surface area contributed by atoms with E-state index in [0.717, 1.165) is 22.8 Å². The zero-order valence-corrected chi connectivity index (χ0v) is 8.74. The van der Waals surface area contributed by atoms with Gasteiger partial charge in [0.1, 0.15) is 0 Å². The molecule has 0 aliphatic carbocycles. The number of rotatable bonds is 0. The molecule has 0 unspecified atom stereocenters. The second kappa shape index (κ2) is 3.77. The van der Waals surface area contributed by atoms with Gasteiger partial charge in [0.05, 0.1) is 17.2 Å². The topological polar surface area (TPSA) is 28.5 Å². The van der Waals surface area contributed by atoms with Gasteiger partial charge in [0, 0.05) is 30.4 Å². The lowest BCUT2D eigenvalue weighted by Crippen LogP contribution is -2.36. The van der Waals surface area contributed by atoms with Crippen molar-refractivity contribution < 1.29 is 0 Å². The lowest BCUT2D eigenvalue weighted by molar-refractivity contribution is 0.578. The normalized spacial score (nSPS) is 17.2. The molecule has 2 aliphatic heterocycles. The van der Waals surface area contributed by atoms with Gasteiger partial charge in [0.15, 0.2) is 0 Å². The van der Waals surface area contributed by atoms with Crippen molar-refractivity contribution in [2.75, 3.05) is 6.54 Å². The maximum Gasteiger partial charge on any atom is 0.0864 e. The molecule has 3 heterocycles. The summed E-state index contributed by atoms with van der Waals surface area (Å²) in [6, 6.07) is 4.01. The summed E-state index contributed by atoms with van der Waals surface area (Å²) in [5.41, 5.74) is 1.10. The van der Waals surface area contributed by atoms with Crippen LogP contribution in [0.25, 0.3) is 12.3 Å². The monoisotopic (exact) mass is 209 g/mol. The van der Waals surface area contributed by atoms with E-state index in [4.69, 9.17) is 0 Å². The Kier molecular flexibility index (Phi) is 2.14. The molecule has 0 atom stereocenters. The van der Waals surface area contributed by atoms with E-state index in [1.165, 1.54) is 0 Å². The second-order valence-electron chi connectivity index (χ2n) is 3.68. The molecule has 0 saturated heterocycles. The smallest absolute Gasteiger partial charge is 0.0864 e. The lowest BCUT2D eigenvalue weighted by Gasteiger charge is -2.22. The molecule has 0 N–H and O–H groups in total. The minimum absolute atomic E-state index is 0.852. The van der Waals surface area contributed by atoms with Crippen LogP contribution >= 0.6 is 0 Å². The van der Waals surface area contributed by atoms with Crippen LogP contribution < -0.4 is 10.6 Å². The number of hydrogen-bond acceptors (Lipinski definition) is 3. The van der Waals surface area contributed by atoms with Gasteiger partial charge in [-0.3, -0.25) is 9.98 Å². The first kappa shape index (κ1) is 9.09. The molecule has 2 aliphatic rings. The highest BCUT2D eigenvalue weighted by atomic mass is 15.1. The van der Waals surface area contributed by atoms with Gasteiger partial charge in [-0.05, 0) is 18.2 Å². The van der Waals surface area contributed by atoms with Crippen molar-refractivity contribution in [3.8, 4) is 0 Å². The van der Waals surface area contributed by atoms with Crippen LogP contribution in [0.1, 0.15) is 0 Å². The average molecular weight is 209 g/mol. The van der Waals surface area contributed by atoms with Crippen molar-refractivity contribution in [3.05, 3.63) is 52.9 Å². The Morgan fingerprint density at radius 3 is 3.31 bits per heavy atom. The first-order valence-corrected chi connectivity index (χ1v) is 5.23. The molecule has 0 saturated carbocycles. The molecule has 1 aromatic rings. The van der Waals surface area contributed by atoms with Crippen molar-refractivity contribution >= 4 is 18.5 Å². The minimum atomic E-state index is 0.852. The summed E-state index contributed by atoms with van der Waals surface area (Å²) in [7, 11) is 0. The van der Waals surface area contributed by atoms with E-state index in [0.29, 0.717) is 0 Å².